The summed E-state index contributed by atoms with van der Waals surface area (Å²) in [7, 11) is 0. The lowest BCUT2D eigenvalue weighted by Crippen LogP contribution is -2.53. The molecule has 0 aromatic heterocycles. The zero-order valence-electron chi connectivity index (χ0n) is 17.3. The summed E-state index contributed by atoms with van der Waals surface area (Å²) in [6.45, 7) is 7.03. The van der Waals surface area contributed by atoms with E-state index in [4.69, 9.17) is 18.9 Å². The van der Waals surface area contributed by atoms with Gasteiger partial charge in [-0.1, -0.05) is 74.5 Å². The molecule has 0 N–H and O–H groups in total. The van der Waals surface area contributed by atoms with Gasteiger partial charge < -0.3 is 18.9 Å². The largest absolute Gasteiger partial charge is 0.433 e. The van der Waals surface area contributed by atoms with Gasteiger partial charge >= 0.3 is 5.97 Å². The Morgan fingerprint density at radius 2 is 1.48 bits per heavy atom. The minimum Gasteiger partial charge on any atom is -0.433 e. The highest BCUT2D eigenvalue weighted by atomic mass is 16.7. The molecule has 1 aliphatic rings. The van der Waals surface area contributed by atoms with Crippen LogP contribution in [0.1, 0.15) is 31.9 Å². The van der Waals surface area contributed by atoms with Crippen LogP contribution < -0.4 is 0 Å². The summed E-state index contributed by atoms with van der Waals surface area (Å²) >= 11 is 0. The van der Waals surface area contributed by atoms with E-state index in [1.165, 1.54) is 6.92 Å². The molecule has 1 saturated heterocycles. The number of benzene rings is 2. The summed E-state index contributed by atoms with van der Waals surface area (Å²) in [6.07, 6.45) is -1.25. The third-order valence-corrected chi connectivity index (χ3v) is 5.47. The summed E-state index contributed by atoms with van der Waals surface area (Å²) in [5, 5.41) is 0. The third-order valence-electron chi connectivity index (χ3n) is 5.47. The first-order valence-corrected chi connectivity index (χ1v) is 10.1. The molecule has 1 fully saturated rings. The number of carbonyl (C=O) groups excluding carboxylic acids is 1. The minimum atomic E-state index is -0.743. The Morgan fingerprint density at radius 3 is 2.07 bits per heavy atom. The highest BCUT2D eigenvalue weighted by Gasteiger charge is 2.44. The highest BCUT2D eigenvalue weighted by Crippen LogP contribution is 2.34. The molecule has 0 amide bonds. The monoisotopic (exact) mass is 398 g/mol. The lowest BCUT2D eigenvalue weighted by Gasteiger charge is -2.43. The molecular formula is C24H30O5. The number of ether oxygens (including phenoxy) is 4. The van der Waals surface area contributed by atoms with Crippen LogP contribution >= 0.6 is 0 Å². The van der Waals surface area contributed by atoms with Crippen molar-refractivity contribution in [2.75, 3.05) is 6.61 Å². The van der Waals surface area contributed by atoms with Gasteiger partial charge in [-0.3, -0.25) is 4.79 Å². The van der Waals surface area contributed by atoms with E-state index in [1.54, 1.807) is 0 Å². The fourth-order valence-corrected chi connectivity index (χ4v) is 3.57. The first kappa shape index (κ1) is 21.5. The average molecular weight is 398 g/mol. The minimum absolute atomic E-state index is 0.141. The Hall–Kier alpha value is -2.21. The lowest BCUT2D eigenvalue weighted by molar-refractivity contribution is -0.279. The lowest BCUT2D eigenvalue weighted by atomic mass is 9.83. The van der Waals surface area contributed by atoms with Gasteiger partial charge in [0.15, 0.2) is 0 Å². The Morgan fingerprint density at radius 1 is 0.897 bits per heavy atom. The van der Waals surface area contributed by atoms with Gasteiger partial charge in [-0.05, 0) is 23.0 Å². The molecule has 2 aromatic rings. The van der Waals surface area contributed by atoms with E-state index in [-0.39, 0.29) is 30.0 Å². The van der Waals surface area contributed by atoms with Crippen LogP contribution in [0.4, 0.5) is 0 Å². The molecule has 5 atom stereocenters. The summed E-state index contributed by atoms with van der Waals surface area (Å²) < 4.78 is 23.6. The molecule has 0 aliphatic carbocycles. The van der Waals surface area contributed by atoms with Crippen LogP contribution in [0.2, 0.25) is 0 Å². The Bertz CT molecular complexity index is 746. The van der Waals surface area contributed by atoms with Gasteiger partial charge in [-0.25, -0.2) is 0 Å². The predicted molar refractivity (Wildman–Crippen MR) is 110 cm³/mol. The van der Waals surface area contributed by atoms with Gasteiger partial charge in [0.25, 0.3) is 0 Å². The van der Waals surface area contributed by atoms with Crippen LogP contribution in [0.25, 0.3) is 0 Å². The van der Waals surface area contributed by atoms with E-state index in [1.807, 2.05) is 60.7 Å². The molecule has 0 radical (unpaired) electrons. The quantitative estimate of drug-likeness (QED) is 0.619. The molecule has 0 spiro atoms. The van der Waals surface area contributed by atoms with Gasteiger partial charge in [0.2, 0.25) is 6.29 Å². The first-order valence-electron chi connectivity index (χ1n) is 10.1. The molecule has 156 valence electrons. The van der Waals surface area contributed by atoms with E-state index in [9.17, 15) is 4.79 Å². The SMILES string of the molecule is CC(=O)OC1OC(COCc2ccccc2)C(C)C(C)C1OCc1ccccc1. The third kappa shape index (κ3) is 6.13. The number of carbonyl (C=O) groups is 1. The van der Waals surface area contributed by atoms with Crippen molar-refractivity contribution >= 4 is 5.97 Å². The van der Waals surface area contributed by atoms with Crippen molar-refractivity contribution in [3.8, 4) is 0 Å². The molecule has 5 nitrogen and oxygen atoms in total. The predicted octanol–water partition coefficient (Wildman–Crippen LogP) is 4.35. The van der Waals surface area contributed by atoms with E-state index in [0.29, 0.717) is 19.8 Å². The Balaban J connectivity index is 1.61. The smallest absolute Gasteiger partial charge is 0.305 e. The summed E-state index contributed by atoms with van der Waals surface area (Å²) in [6, 6.07) is 20.0. The zero-order valence-corrected chi connectivity index (χ0v) is 17.3. The standard InChI is InChI=1S/C24H30O5/c1-17-18(2)23(27-15-21-12-8-5-9-13-21)24(28-19(3)25)29-22(17)16-26-14-20-10-6-4-7-11-20/h4-13,17-18,22-24H,14-16H2,1-3H3. The van der Waals surface area contributed by atoms with Crippen molar-refractivity contribution in [1.82, 2.24) is 0 Å². The number of hydrogen-bond acceptors (Lipinski definition) is 5. The molecule has 3 rings (SSSR count). The molecule has 5 unspecified atom stereocenters. The van der Waals surface area contributed by atoms with E-state index < -0.39 is 6.29 Å². The zero-order chi connectivity index (χ0) is 20.6. The fraction of sp³-hybridized carbons (Fsp3) is 0.458. The van der Waals surface area contributed by atoms with Crippen molar-refractivity contribution in [1.29, 1.82) is 0 Å². The van der Waals surface area contributed by atoms with E-state index >= 15 is 0 Å². The summed E-state index contributed by atoms with van der Waals surface area (Å²) in [5.74, 6) is -0.0467. The molecular weight excluding hydrogens is 368 g/mol. The van der Waals surface area contributed by atoms with Crippen molar-refractivity contribution in [3.05, 3.63) is 71.8 Å². The average Bonchev–Trinajstić information content (AvgIpc) is 2.72. The maximum Gasteiger partial charge on any atom is 0.305 e. The van der Waals surface area contributed by atoms with Crippen LogP contribution in [-0.4, -0.2) is 31.1 Å². The molecule has 1 aliphatic heterocycles. The summed E-state index contributed by atoms with van der Waals surface area (Å²) in [4.78, 5) is 11.6. The number of esters is 1. The molecule has 1 heterocycles. The summed E-state index contributed by atoms with van der Waals surface area (Å²) in [5.41, 5.74) is 2.19. The maximum atomic E-state index is 11.6. The van der Waals surface area contributed by atoms with Gasteiger partial charge in [0.05, 0.1) is 25.9 Å². The normalized spacial score (nSPS) is 26.8. The topological polar surface area (TPSA) is 54.0 Å². The number of rotatable bonds is 8. The second kappa shape index (κ2) is 10.5. The first-order chi connectivity index (χ1) is 14.0. The molecule has 5 heteroatoms. The van der Waals surface area contributed by atoms with Gasteiger partial charge in [0, 0.05) is 6.92 Å². The van der Waals surface area contributed by atoms with Crippen molar-refractivity contribution in [2.24, 2.45) is 11.8 Å². The number of hydrogen-bond donors (Lipinski definition) is 0. The van der Waals surface area contributed by atoms with Crippen molar-refractivity contribution < 1.29 is 23.7 Å². The van der Waals surface area contributed by atoms with Crippen LogP contribution in [0.3, 0.4) is 0 Å². The second-order valence-electron chi connectivity index (χ2n) is 7.63. The Labute approximate surface area is 172 Å². The molecule has 2 aromatic carbocycles. The Kier molecular flexibility index (Phi) is 7.81. The van der Waals surface area contributed by atoms with Crippen LogP contribution in [0.5, 0.6) is 0 Å². The second-order valence-corrected chi connectivity index (χ2v) is 7.63. The van der Waals surface area contributed by atoms with Gasteiger partial charge in [-0.15, -0.1) is 0 Å². The maximum absolute atomic E-state index is 11.6. The van der Waals surface area contributed by atoms with Gasteiger partial charge in [0.1, 0.15) is 6.10 Å². The van der Waals surface area contributed by atoms with Crippen molar-refractivity contribution in [2.45, 2.75) is 52.5 Å². The van der Waals surface area contributed by atoms with Crippen molar-refractivity contribution in [3.63, 3.8) is 0 Å². The van der Waals surface area contributed by atoms with Crippen LogP contribution in [0, 0.1) is 11.8 Å². The van der Waals surface area contributed by atoms with E-state index in [2.05, 4.69) is 13.8 Å². The molecule has 0 bridgehead atoms. The highest BCUT2D eigenvalue weighted by molar-refractivity contribution is 5.66. The van der Waals surface area contributed by atoms with Crippen LogP contribution in [-0.2, 0) is 37.0 Å². The molecule has 0 saturated carbocycles. The van der Waals surface area contributed by atoms with Gasteiger partial charge in [-0.2, -0.15) is 0 Å². The fourth-order valence-electron chi connectivity index (χ4n) is 3.57. The molecule has 29 heavy (non-hydrogen) atoms. The van der Waals surface area contributed by atoms with E-state index in [0.717, 1.165) is 11.1 Å². The van der Waals surface area contributed by atoms with Crippen LogP contribution in [0.15, 0.2) is 60.7 Å².